The first-order valence-corrected chi connectivity index (χ1v) is 6.35. The zero-order valence-electron chi connectivity index (χ0n) is 11.5. The molecule has 0 saturated carbocycles. The minimum absolute atomic E-state index is 0.0177. The monoisotopic (exact) mass is 292 g/mol. The number of hydrogen-bond donors (Lipinski definition) is 1. The highest BCUT2D eigenvalue weighted by Crippen LogP contribution is 2.21. The lowest BCUT2D eigenvalue weighted by atomic mass is 10.1. The topological polar surface area (TPSA) is 43.4 Å². The summed E-state index contributed by atoms with van der Waals surface area (Å²) < 4.78 is 45.8. The highest BCUT2D eigenvalue weighted by Gasteiger charge is 2.27. The van der Waals surface area contributed by atoms with E-state index in [2.05, 4.69) is 15.0 Å². The number of alkyl halides is 3. The lowest BCUT2D eigenvalue weighted by Gasteiger charge is -2.17. The van der Waals surface area contributed by atoms with Crippen LogP contribution in [0.25, 0.3) is 0 Å². The number of aromatic nitrogens is 1. The third kappa shape index (κ3) is 6.21. The Bertz CT molecular complexity index is 399. The van der Waals surface area contributed by atoms with Gasteiger partial charge in [0.15, 0.2) is 0 Å². The van der Waals surface area contributed by atoms with Crippen LogP contribution in [0.1, 0.15) is 24.9 Å². The van der Waals surface area contributed by atoms with Crippen LogP contribution in [0.3, 0.4) is 0 Å². The standard InChI is InChI=1S/C13H19F3N2O2/c1-3-20-11-6-10(7-18-8-11)12(17-2)4-5-19-9-13(14,15)16/h6-8,12,17H,3-5,9H2,1-2H3. The molecule has 1 atom stereocenters. The number of hydrogen-bond acceptors (Lipinski definition) is 4. The van der Waals surface area contributed by atoms with Gasteiger partial charge in [0.2, 0.25) is 0 Å². The van der Waals surface area contributed by atoms with E-state index >= 15 is 0 Å². The fraction of sp³-hybridized carbons (Fsp3) is 0.615. The van der Waals surface area contributed by atoms with Gasteiger partial charge in [-0.1, -0.05) is 0 Å². The molecule has 1 N–H and O–H groups in total. The Labute approximate surface area is 116 Å². The molecule has 1 aromatic rings. The minimum atomic E-state index is -4.29. The fourth-order valence-electron chi connectivity index (χ4n) is 1.74. The molecule has 7 heteroatoms. The van der Waals surface area contributed by atoms with Crippen LogP contribution >= 0.6 is 0 Å². The normalized spacial score (nSPS) is 13.2. The van der Waals surface area contributed by atoms with E-state index in [1.165, 1.54) is 0 Å². The molecule has 1 rings (SSSR count). The number of rotatable bonds is 8. The Morgan fingerprint density at radius 2 is 2.10 bits per heavy atom. The Hall–Kier alpha value is -1.34. The highest BCUT2D eigenvalue weighted by molar-refractivity contribution is 5.26. The van der Waals surface area contributed by atoms with Gasteiger partial charge in [-0.05, 0) is 32.0 Å². The second-order valence-electron chi connectivity index (χ2n) is 4.18. The quantitative estimate of drug-likeness (QED) is 0.748. The van der Waals surface area contributed by atoms with Crippen LogP contribution < -0.4 is 10.1 Å². The number of nitrogens with zero attached hydrogens (tertiary/aromatic N) is 1. The molecule has 0 aliphatic carbocycles. The first-order chi connectivity index (χ1) is 9.46. The molecule has 1 aromatic heterocycles. The SMILES string of the molecule is CCOc1cncc(C(CCOCC(F)(F)F)NC)c1. The summed E-state index contributed by atoms with van der Waals surface area (Å²) in [6.07, 6.45) is -0.608. The van der Waals surface area contributed by atoms with Crippen molar-refractivity contribution < 1.29 is 22.6 Å². The zero-order valence-corrected chi connectivity index (χ0v) is 11.5. The van der Waals surface area contributed by atoms with Gasteiger partial charge in [-0.25, -0.2) is 0 Å². The molecule has 0 spiro atoms. The van der Waals surface area contributed by atoms with Gasteiger partial charge in [-0.15, -0.1) is 0 Å². The first kappa shape index (κ1) is 16.7. The second-order valence-corrected chi connectivity index (χ2v) is 4.18. The van der Waals surface area contributed by atoms with Gasteiger partial charge >= 0.3 is 6.18 Å². The summed E-state index contributed by atoms with van der Waals surface area (Å²) in [5.41, 5.74) is 0.856. The molecule has 1 heterocycles. The van der Waals surface area contributed by atoms with Gasteiger partial charge in [-0.3, -0.25) is 4.98 Å². The van der Waals surface area contributed by atoms with Crippen molar-refractivity contribution in [1.29, 1.82) is 0 Å². The van der Waals surface area contributed by atoms with E-state index in [4.69, 9.17) is 4.74 Å². The molecule has 114 valence electrons. The van der Waals surface area contributed by atoms with E-state index in [0.29, 0.717) is 18.8 Å². The van der Waals surface area contributed by atoms with E-state index < -0.39 is 12.8 Å². The van der Waals surface area contributed by atoms with Gasteiger partial charge in [-0.2, -0.15) is 13.2 Å². The summed E-state index contributed by atoms with van der Waals surface area (Å²) >= 11 is 0. The van der Waals surface area contributed by atoms with Crippen molar-refractivity contribution in [3.63, 3.8) is 0 Å². The Morgan fingerprint density at radius 1 is 1.35 bits per heavy atom. The average molecular weight is 292 g/mol. The van der Waals surface area contributed by atoms with E-state index in [0.717, 1.165) is 5.56 Å². The minimum Gasteiger partial charge on any atom is -0.492 e. The lowest BCUT2D eigenvalue weighted by Crippen LogP contribution is -2.21. The molecule has 0 saturated heterocycles. The van der Waals surface area contributed by atoms with Crippen molar-refractivity contribution in [3.8, 4) is 5.75 Å². The van der Waals surface area contributed by atoms with Gasteiger partial charge in [0.05, 0.1) is 12.8 Å². The Kier molecular flexibility index (Phi) is 6.74. The van der Waals surface area contributed by atoms with Crippen molar-refractivity contribution in [2.75, 3.05) is 26.9 Å². The predicted molar refractivity (Wildman–Crippen MR) is 68.7 cm³/mol. The highest BCUT2D eigenvalue weighted by atomic mass is 19.4. The van der Waals surface area contributed by atoms with Crippen molar-refractivity contribution in [2.24, 2.45) is 0 Å². The molecule has 0 aromatic carbocycles. The molecule has 20 heavy (non-hydrogen) atoms. The zero-order chi connectivity index (χ0) is 15.0. The molecule has 0 amide bonds. The summed E-state index contributed by atoms with van der Waals surface area (Å²) in [6, 6.07) is 1.69. The summed E-state index contributed by atoms with van der Waals surface area (Å²) in [7, 11) is 1.74. The number of ether oxygens (including phenoxy) is 2. The molecular weight excluding hydrogens is 273 g/mol. The Morgan fingerprint density at radius 3 is 2.70 bits per heavy atom. The van der Waals surface area contributed by atoms with Crippen molar-refractivity contribution in [2.45, 2.75) is 25.6 Å². The van der Waals surface area contributed by atoms with Crippen molar-refractivity contribution in [1.82, 2.24) is 10.3 Å². The van der Waals surface area contributed by atoms with Crippen LogP contribution in [0.15, 0.2) is 18.5 Å². The van der Waals surface area contributed by atoms with Crippen LogP contribution in [0.5, 0.6) is 5.75 Å². The maximum Gasteiger partial charge on any atom is 0.411 e. The number of pyridine rings is 1. The van der Waals surface area contributed by atoms with Crippen LogP contribution in [0.2, 0.25) is 0 Å². The first-order valence-electron chi connectivity index (χ1n) is 6.35. The summed E-state index contributed by atoms with van der Waals surface area (Å²) in [4.78, 5) is 4.05. The maximum atomic E-state index is 12.0. The smallest absolute Gasteiger partial charge is 0.411 e. The van der Waals surface area contributed by atoms with Crippen LogP contribution in [0, 0.1) is 0 Å². The molecular formula is C13H19F3N2O2. The summed E-state index contributed by atoms with van der Waals surface area (Å²) in [5, 5.41) is 3.03. The van der Waals surface area contributed by atoms with Crippen molar-refractivity contribution >= 4 is 0 Å². The lowest BCUT2D eigenvalue weighted by molar-refractivity contribution is -0.174. The van der Waals surface area contributed by atoms with Gasteiger partial charge in [0.1, 0.15) is 12.4 Å². The molecule has 0 radical (unpaired) electrons. The fourth-order valence-corrected chi connectivity index (χ4v) is 1.74. The van der Waals surface area contributed by atoms with Gasteiger partial charge < -0.3 is 14.8 Å². The van der Waals surface area contributed by atoms with E-state index in [-0.39, 0.29) is 12.6 Å². The summed E-state index contributed by atoms with van der Waals surface area (Å²) in [6.45, 7) is 1.20. The molecule has 1 unspecified atom stereocenters. The molecule has 0 aliphatic heterocycles. The second kappa shape index (κ2) is 8.06. The number of nitrogens with one attached hydrogen (secondary N) is 1. The Balaban J connectivity index is 2.51. The maximum absolute atomic E-state index is 12.0. The predicted octanol–water partition coefficient (Wildman–Crippen LogP) is 2.71. The van der Waals surface area contributed by atoms with Gasteiger partial charge in [0.25, 0.3) is 0 Å². The van der Waals surface area contributed by atoms with E-state index in [1.54, 1.807) is 19.4 Å². The number of halogens is 3. The van der Waals surface area contributed by atoms with Crippen molar-refractivity contribution in [3.05, 3.63) is 24.0 Å². The van der Waals surface area contributed by atoms with Crippen LogP contribution in [-0.4, -0.2) is 38.0 Å². The molecule has 0 bridgehead atoms. The van der Waals surface area contributed by atoms with Gasteiger partial charge in [0, 0.05) is 18.8 Å². The third-order valence-electron chi connectivity index (χ3n) is 2.61. The third-order valence-corrected chi connectivity index (χ3v) is 2.61. The van der Waals surface area contributed by atoms with Crippen LogP contribution in [0.4, 0.5) is 13.2 Å². The molecule has 0 fully saturated rings. The van der Waals surface area contributed by atoms with E-state index in [1.807, 2.05) is 13.0 Å². The summed E-state index contributed by atoms with van der Waals surface area (Å²) in [5.74, 6) is 0.640. The average Bonchev–Trinajstić information content (AvgIpc) is 2.38. The largest absolute Gasteiger partial charge is 0.492 e. The molecule has 0 aliphatic rings. The molecule has 4 nitrogen and oxygen atoms in total. The van der Waals surface area contributed by atoms with Crippen LogP contribution in [-0.2, 0) is 4.74 Å². The van der Waals surface area contributed by atoms with E-state index in [9.17, 15) is 13.2 Å².